The second-order valence-corrected chi connectivity index (χ2v) is 7.12. The summed E-state index contributed by atoms with van der Waals surface area (Å²) in [6, 6.07) is 5.03. The van der Waals surface area contributed by atoms with Crippen molar-refractivity contribution in [3.05, 3.63) is 63.0 Å². The number of hydrogen-bond acceptors (Lipinski definition) is 7. The van der Waals surface area contributed by atoms with Crippen molar-refractivity contribution < 1.29 is 18.0 Å². The first-order valence-corrected chi connectivity index (χ1v) is 9.31. The number of aromatic nitrogens is 3. The Labute approximate surface area is 187 Å². The van der Waals surface area contributed by atoms with Crippen molar-refractivity contribution in [3.8, 4) is 0 Å². The van der Waals surface area contributed by atoms with Crippen LogP contribution in [0, 0.1) is 0 Å². The summed E-state index contributed by atoms with van der Waals surface area (Å²) in [5, 5.41) is 2.82. The third-order valence-electron chi connectivity index (χ3n) is 3.76. The molecule has 2 aromatic heterocycles. The van der Waals surface area contributed by atoms with Crippen molar-refractivity contribution >= 4 is 63.9 Å². The highest BCUT2D eigenvalue weighted by Crippen LogP contribution is 2.34. The van der Waals surface area contributed by atoms with Crippen LogP contribution in [-0.2, 0) is 6.18 Å². The Morgan fingerprint density at radius 2 is 1.68 bits per heavy atom. The van der Waals surface area contributed by atoms with Crippen molar-refractivity contribution in [3.63, 3.8) is 0 Å². The standard InChI is InChI=1S/C17H11Cl3F3N7O/c18-8-1-2-9(10(19)4-8)16(31)30-29-15-12(24)14(26-6-27-15)28-13-11(20)3-7(5-25-13)17(21,22)23/h1-6H,24H2,(H,30,31)(H2,25,26,27,28,29). The summed E-state index contributed by atoms with van der Waals surface area (Å²) < 4.78 is 38.2. The molecule has 0 unspecified atom stereocenters. The number of alkyl halides is 3. The zero-order valence-corrected chi connectivity index (χ0v) is 17.3. The monoisotopic (exact) mass is 491 g/mol. The van der Waals surface area contributed by atoms with E-state index in [0.717, 1.165) is 6.33 Å². The number of rotatable bonds is 5. The number of benzene rings is 1. The predicted molar refractivity (Wildman–Crippen MR) is 112 cm³/mol. The zero-order chi connectivity index (χ0) is 22.8. The molecule has 0 fully saturated rings. The first-order valence-electron chi connectivity index (χ1n) is 8.18. The predicted octanol–water partition coefficient (Wildman–Crippen LogP) is 4.93. The van der Waals surface area contributed by atoms with Crippen molar-refractivity contribution in [1.82, 2.24) is 20.4 Å². The van der Waals surface area contributed by atoms with E-state index < -0.39 is 17.6 Å². The van der Waals surface area contributed by atoms with Gasteiger partial charge in [0.15, 0.2) is 11.6 Å². The van der Waals surface area contributed by atoms with Gasteiger partial charge in [-0.15, -0.1) is 0 Å². The van der Waals surface area contributed by atoms with Gasteiger partial charge in [0, 0.05) is 11.2 Å². The molecule has 162 valence electrons. The summed E-state index contributed by atoms with van der Waals surface area (Å²) in [5.74, 6) is -0.714. The number of carbonyl (C=O) groups excluding carboxylic acids is 1. The van der Waals surface area contributed by atoms with Gasteiger partial charge in [0.2, 0.25) is 0 Å². The molecule has 0 aliphatic heterocycles. The number of hydrazine groups is 1. The molecule has 14 heteroatoms. The Morgan fingerprint density at radius 3 is 2.32 bits per heavy atom. The lowest BCUT2D eigenvalue weighted by atomic mass is 10.2. The quantitative estimate of drug-likeness (QED) is 0.373. The number of carbonyl (C=O) groups is 1. The molecule has 0 atom stereocenters. The third-order valence-corrected chi connectivity index (χ3v) is 4.60. The van der Waals surface area contributed by atoms with Crippen LogP contribution >= 0.6 is 34.8 Å². The van der Waals surface area contributed by atoms with Crippen LogP contribution in [-0.4, -0.2) is 20.9 Å². The van der Waals surface area contributed by atoms with E-state index in [4.69, 9.17) is 40.5 Å². The van der Waals surface area contributed by atoms with Crippen molar-refractivity contribution in [2.24, 2.45) is 0 Å². The van der Waals surface area contributed by atoms with Crippen molar-refractivity contribution in [2.75, 3.05) is 16.5 Å². The van der Waals surface area contributed by atoms with Crippen LogP contribution in [0.3, 0.4) is 0 Å². The van der Waals surface area contributed by atoms with E-state index >= 15 is 0 Å². The second-order valence-electron chi connectivity index (χ2n) is 5.87. The highest BCUT2D eigenvalue weighted by Gasteiger charge is 2.31. The summed E-state index contributed by atoms with van der Waals surface area (Å²) in [5.41, 5.74) is 9.90. The topological polar surface area (TPSA) is 118 Å². The molecule has 3 rings (SSSR count). The van der Waals surface area contributed by atoms with E-state index in [-0.39, 0.29) is 38.7 Å². The molecule has 31 heavy (non-hydrogen) atoms. The molecule has 5 N–H and O–H groups in total. The maximum atomic E-state index is 12.7. The summed E-state index contributed by atoms with van der Waals surface area (Å²) in [6.45, 7) is 0. The highest BCUT2D eigenvalue weighted by atomic mass is 35.5. The molecule has 1 amide bonds. The molecule has 2 heterocycles. The van der Waals surface area contributed by atoms with Crippen LogP contribution in [0.4, 0.5) is 36.3 Å². The van der Waals surface area contributed by atoms with Gasteiger partial charge in [0.1, 0.15) is 17.8 Å². The van der Waals surface area contributed by atoms with Gasteiger partial charge in [-0.25, -0.2) is 15.0 Å². The molecule has 0 saturated heterocycles. The Bertz CT molecular complexity index is 1140. The van der Waals surface area contributed by atoms with Crippen LogP contribution < -0.4 is 21.9 Å². The molecular formula is C17H11Cl3F3N7O. The van der Waals surface area contributed by atoms with Crippen LogP contribution in [0.15, 0.2) is 36.8 Å². The van der Waals surface area contributed by atoms with Crippen LogP contribution in [0.5, 0.6) is 0 Å². The molecule has 3 aromatic rings. The smallest absolute Gasteiger partial charge is 0.393 e. The van der Waals surface area contributed by atoms with Gasteiger partial charge < -0.3 is 11.1 Å². The minimum Gasteiger partial charge on any atom is -0.393 e. The van der Waals surface area contributed by atoms with E-state index in [1.165, 1.54) is 18.2 Å². The van der Waals surface area contributed by atoms with E-state index in [0.29, 0.717) is 17.3 Å². The maximum absolute atomic E-state index is 12.7. The van der Waals surface area contributed by atoms with Gasteiger partial charge in [0.25, 0.3) is 5.91 Å². The summed E-state index contributed by atoms with van der Waals surface area (Å²) in [7, 11) is 0. The van der Waals surface area contributed by atoms with Crippen molar-refractivity contribution in [2.45, 2.75) is 6.18 Å². The number of nitrogen functional groups attached to an aromatic ring is 1. The Balaban J connectivity index is 1.75. The number of hydrogen-bond donors (Lipinski definition) is 4. The molecule has 0 aliphatic carbocycles. The molecular weight excluding hydrogens is 482 g/mol. The first kappa shape index (κ1) is 22.7. The Hall–Kier alpha value is -3.02. The number of nitrogens with two attached hydrogens (primary N) is 1. The minimum absolute atomic E-state index is 0.000954. The summed E-state index contributed by atoms with van der Waals surface area (Å²) >= 11 is 17.7. The van der Waals surface area contributed by atoms with E-state index in [1.807, 2.05) is 0 Å². The zero-order valence-electron chi connectivity index (χ0n) is 15.1. The number of pyridine rings is 1. The molecule has 8 nitrogen and oxygen atoms in total. The van der Waals surface area contributed by atoms with E-state index in [2.05, 4.69) is 31.1 Å². The fourth-order valence-electron chi connectivity index (χ4n) is 2.25. The fraction of sp³-hybridized carbons (Fsp3) is 0.0588. The largest absolute Gasteiger partial charge is 0.417 e. The number of anilines is 4. The number of nitrogens with one attached hydrogen (secondary N) is 3. The van der Waals surface area contributed by atoms with Gasteiger partial charge in [-0.05, 0) is 24.3 Å². The normalized spacial score (nSPS) is 11.2. The van der Waals surface area contributed by atoms with Gasteiger partial charge in [-0.3, -0.25) is 15.6 Å². The minimum atomic E-state index is -4.59. The Kier molecular flexibility index (Phi) is 6.58. The van der Waals surface area contributed by atoms with Gasteiger partial charge >= 0.3 is 6.18 Å². The molecule has 0 bridgehead atoms. The lowest BCUT2D eigenvalue weighted by Crippen LogP contribution is -2.30. The fourth-order valence-corrected chi connectivity index (χ4v) is 2.96. The average molecular weight is 493 g/mol. The summed E-state index contributed by atoms with van der Waals surface area (Å²) in [6.07, 6.45) is -2.88. The van der Waals surface area contributed by atoms with Gasteiger partial charge in [0.05, 0.1) is 21.2 Å². The van der Waals surface area contributed by atoms with E-state index in [9.17, 15) is 18.0 Å². The Morgan fingerprint density at radius 1 is 0.968 bits per heavy atom. The summed E-state index contributed by atoms with van der Waals surface area (Å²) in [4.78, 5) is 23.7. The third kappa shape index (κ3) is 5.37. The average Bonchev–Trinajstić information content (AvgIpc) is 2.69. The van der Waals surface area contributed by atoms with Crippen LogP contribution in [0.2, 0.25) is 15.1 Å². The molecule has 0 spiro atoms. The molecule has 1 aromatic carbocycles. The molecule has 0 aliphatic rings. The second kappa shape index (κ2) is 9.00. The lowest BCUT2D eigenvalue weighted by Gasteiger charge is -2.14. The van der Waals surface area contributed by atoms with Gasteiger partial charge in [-0.1, -0.05) is 34.8 Å². The maximum Gasteiger partial charge on any atom is 0.417 e. The van der Waals surface area contributed by atoms with Crippen molar-refractivity contribution in [1.29, 1.82) is 0 Å². The highest BCUT2D eigenvalue weighted by molar-refractivity contribution is 6.36. The number of halogens is 6. The number of nitrogens with zero attached hydrogens (tertiary/aromatic N) is 3. The van der Waals surface area contributed by atoms with E-state index in [1.54, 1.807) is 0 Å². The van der Waals surface area contributed by atoms with Crippen LogP contribution in [0.25, 0.3) is 0 Å². The molecule has 0 radical (unpaired) electrons. The number of amides is 1. The van der Waals surface area contributed by atoms with Crippen LogP contribution in [0.1, 0.15) is 15.9 Å². The first-order chi connectivity index (χ1) is 14.6. The lowest BCUT2D eigenvalue weighted by molar-refractivity contribution is -0.137. The SMILES string of the molecule is Nc1c(NNC(=O)c2ccc(Cl)cc2Cl)ncnc1Nc1ncc(C(F)(F)F)cc1Cl. The van der Waals surface area contributed by atoms with Gasteiger partial charge in [-0.2, -0.15) is 13.2 Å². The molecule has 0 saturated carbocycles.